The Hall–Kier alpha value is -2.25. The van der Waals surface area contributed by atoms with Crippen LogP contribution in [0.5, 0.6) is 0 Å². The van der Waals surface area contributed by atoms with Crippen molar-refractivity contribution in [1.29, 1.82) is 0 Å². The van der Waals surface area contributed by atoms with Gasteiger partial charge in [-0.1, -0.05) is 60.7 Å². The predicted molar refractivity (Wildman–Crippen MR) is 135 cm³/mol. The molecule has 2 aromatic rings. The normalized spacial score (nSPS) is 19.6. The lowest BCUT2D eigenvalue weighted by Gasteiger charge is -2.20. The summed E-state index contributed by atoms with van der Waals surface area (Å²) in [5.74, 6) is 4.21. The number of amides is 3. The fourth-order valence-electron chi connectivity index (χ4n) is 3.74. The minimum atomic E-state index is -0.234. The van der Waals surface area contributed by atoms with Crippen molar-refractivity contribution in [2.45, 2.75) is 43.2 Å². The van der Waals surface area contributed by atoms with Crippen LogP contribution in [-0.4, -0.2) is 40.3 Å². The van der Waals surface area contributed by atoms with E-state index in [4.69, 9.17) is 0 Å². The van der Waals surface area contributed by atoms with E-state index in [1.807, 2.05) is 36.4 Å². The molecule has 2 aliphatic carbocycles. The third-order valence-electron chi connectivity index (χ3n) is 5.89. The summed E-state index contributed by atoms with van der Waals surface area (Å²) in [5, 5.41) is 2.42. The molecule has 1 heterocycles. The lowest BCUT2D eigenvalue weighted by atomic mass is 10.2. The van der Waals surface area contributed by atoms with Crippen LogP contribution in [-0.2, 0) is 21.1 Å². The maximum atomic E-state index is 11.8. The largest absolute Gasteiger partial charge is 0.325 e. The Morgan fingerprint density at radius 1 is 0.848 bits per heavy atom. The van der Waals surface area contributed by atoms with Crippen molar-refractivity contribution in [2.24, 2.45) is 11.8 Å². The zero-order chi connectivity index (χ0) is 23.0. The van der Waals surface area contributed by atoms with Crippen LogP contribution in [0, 0.1) is 11.8 Å². The van der Waals surface area contributed by atoms with Crippen LogP contribution in [0.25, 0.3) is 0 Å². The number of thioether (sulfide) groups is 2. The van der Waals surface area contributed by atoms with Gasteiger partial charge in [0.05, 0.1) is 11.6 Å². The van der Waals surface area contributed by atoms with Crippen molar-refractivity contribution in [2.75, 3.05) is 11.6 Å². The minimum absolute atomic E-state index is 0.118. The number of carbonyl (C=O) groups excluding carboxylic acids is 3. The van der Waals surface area contributed by atoms with Gasteiger partial charge in [0, 0.05) is 17.4 Å². The monoisotopic (exact) mass is 482 g/mol. The number of hydrogen-bond donors (Lipinski definition) is 1. The van der Waals surface area contributed by atoms with E-state index < -0.39 is 0 Å². The second-order valence-corrected chi connectivity index (χ2v) is 10.7. The zero-order valence-corrected chi connectivity index (χ0v) is 20.3. The van der Waals surface area contributed by atoms with Gasteiger partial charge in [0.2, 0.25) is 0 Å². The first-order valence-electron chi connectivity index (χ1n) is 11.5. The smallest absolute Gasteiger partial charge is 0.303 e. The number of benzene rings is 2. The summed E-state index contributed by atoms with van der Waals surface area (Å²) in [4.78, 5) is 36.5. The van der Waals surface area contributed by atoms with Crippen molar-refractivity contribution in [3.8, 4) is 0 Å². The lowest BCUT2D eigenvalue weighted by Crippen LogP contribution is -2.36. The highest BCUT2D eigenvalue weighted by molar-refractivity contribution is 7.99. The Bertz CT molecular complexity index is 947. The second kappa shape index (κ2) is 11.7. The van der Waals surface area contributed by atoms with Crippen molar-refractivity contribution < 1.29 is 14.4 Å². The van der Waals surface area contributed by atoms with Crippen molar-refractivity contribution in [3.05, 3.63) is 71.8 Å². The maximum Gasteiger partial charge on any atom is 0.325 e. The van der Waals surface area contributed by atoms with Gasteiger partial charge in [-0.05, 0) is 42.7 Å². The van der Waals surface area contributed by atoms with Crippen LogP contribution in [0.3, 0.4) is 0 Å². The van der Waals surface area contributed by atoms with Crippen molar-refractivity contribution in [3.63, 3.8) is 0 Å². The molecule has 5 nitrogen and oxygen atoms in total. The van der Waals surface area contributed by atoms with E-state index in [9.17, 15) is 14.4 Å². The lowest BCUT2D eigenvalue weighted by molar-refractivity contribution is -0.122. The highest BCUT2D eigenvalue weighted by atomic mass is 32.2. The summed E-state index contributed by atoms with van der Waals surface area (Å²) in [6.45, 7) is 0. The first kappa shape index (κ1) is 23.9. The van der Waals surface area contributed by atoms with Gasteiger partial charge in [0.1, 0.15) is 11.8 Å². The standard InChI is InChI=1S/C14H16N2O2S.C12H14OS/c17-13-12(11-6-7-11)16(14(18)15-13)9-19-8-10-4-2-1-3-5-10;13-12(11-6-7-11)9-14-8-10-4-2-1-3-5-10/h1-5,11-12H,6-9H2,(H,15,17,18);1-5,11H,6-9H2. The molecule has 1 N–H and O–H groups in total. The molecule has 7 heteroatoms. The van der Waals surface area contributed by atoms with E-state index in [1.54, 1.807) is 28.4 Å². The quantitative estimate of drug-likeness (QED) is 0.477. The number of Topliss-reactive ketones (excluding diaryl/α,β-unsaturated/α-hetero) is 1. The van der Waals surface area contributed by atoms with Gasteiger partial charge >= 0.3 is 6.03 Å². The number of nitrogens with zero attached hydrogens (tertiary/aromatic N) is 1. The molecule has 174 valence electrons. The summed E-state index contributed by atoms with van der Waals surface area (Å²) in [6.07, 6.45) is 4.38. The van der Waals surface area contributed by atoms with Crippen LogP contribution in [0.2, 0.25) is 0 Å². The second-order valence-electron chi connectivity index (χ2n) is 8.73. The van der Waals surface area contributed by atoms with E-state index in [-0.39, 0.29) is 18.0 Å². The highest BCUT2D eigenvalue weighted by Gasteiger charge is 2.47. The van der Waals surface area contributed by atoms with Crippen LogP contribution in [0.1, 0.15) is 36.8 Å². The van der Waals surface area contributed by atoms with Gasteiger partial charge < -0.3 is 4.90 Å². The zero-order valence-electron chi connectivity index (χ0n) is 18.7. The Kier molecular flexibility index (Phi) is 8.51. The summed E-state index contributed by atoms with van der Waals surface area (Å²) >= 11 is 3.40. The molecular formula is C26H30N2O3S2. The van der Waals surface area contributed by atoms with Gasteiger partial charge in [-0.25, -0.2) is 4.79 Å². The molecule has 1 unspecified atom stereocenters. The molecule has 1 saturated heterocycles. The third kappa shape index (κ3) is 7.37. The minimum Gasteiger partial charge on any atom is -0.303 e. The maximum absolute atomic E-state index is 11.8. The Morgan fingerprint density at radius 3 is 1.97 bits per heavy atom. The van der Waals surface area contributed by atoms with Gasteiger partial charge in [0.15, 0.2) is 0 Å². The topological polar surface area (TPSA) is 66.5 Å². The third-order valence-corrected chi connectivity index (χ3v) is 7.92. The predicted octanol–water partition coefficient (Wildman–Crippen LogP) is 5.11. The Labute approximate surface area is 204 Å². The van der Waals surface area contributed by atoms with Crippen LogP contribution < -0.4 is 5.32 Å². The number of carbonyl (C=O) groups is 3. The van der Waals surface area contributed by atoms with E-state index in [0.717, 1.165) is 37.2 Å². The molecule has 3 amide bonds. The number of urea groups is 1. The number of rotatable bonds is 10. The number of ketones is 1. The van der Waals surface area contributed by atoms with Crippen LogP contribution >= 0.6 is 23.5 Å². The van der Waals surface area contributed by atoms with Gasteiger partial charge in [-0.15, -0.1) is 23.5 Å². The van der Waals surface area contributed by atoms with Crippen molar-refractivity contribution in [1.82, 2.24) is 10.2 Å². The Morgan fingerprint density at radius 2 is 1.42 bits per heavy atom. The van der Waals surface area contributed by atoms with Gasteiger partial charge in [-0.2, -0.15) is 0 Å². The first-order chi connectivity index (χ1) is 16.1. The van der Waals surface area contributed by atoms with Crippen molar-refractivity contribution >= 4 is 41.2 Å². The summed E-state index contributed by atoms with van der Waals surface area (Å²) in [6, 6.07) is 20.0. The van der Waals surface area contributed by atoms with E-state index >= 15 is 0 Å². The number of hydrogen-bond acceptors (Lipinski definition) is 5. The molecule has 0 spiro atoms. The molecule has 0 bridgehead atoms. The van der Waals surface area contributed by atoms with Gasteiger partial charge in [0.25, 0.3) is 5.91 Å². The summed E-state index contributed by atoms with van der Waals surface area (Å²) < 4.78 is 0. The highest BCUT2D eigenvalue weighted by Crippen LogP contribution is 2.38. The summed E-state index contributed by atoms with van der Waals surface area (Å²) in [7, 11) is 0. The fourth-order valence-corrected chi connectivity index (χ4v) is 5.70. The molecule has 1 aliphatic heterocycles. The molecule has 5 rings (SSSR count). The molecule has 0 radical (unpaired) electrons. The average Bonchev–Trinajstić information content (AvgIpc) is 3.75. The van der Waals surface area contributed by atoms with Crippen LogP contribution in [0.15, 0.2) is 60.7 Å². The average molecular weight is 483 g/mol. The van der Waals surface area contributed by atoms with Gasteiger partial charge in [-0.3, -0.25) is 14.9 Å². The SMILES string of the molecule is O=C(CSCc1ccccc1)C1CC1.O=C1NC(=O)N(CSCc2ccccc2)C1C1CC1. The van der Waals surface area contributed by atoms with E-state index in [0.29, 0.717) is 29.2 Å². The van der Waals surface area contributed by atoms with Crippen LogP contribution in [0.4, 0.5) is 4.79 Å². The molecule has 0 aromatic heterocycles. The molecular weight excluding hydrogens is 452 g/mol. The molecule has 3 aliphatic rings. The molecule has 2 aromatic carbocycles. The number of nitrogens with one attached hydrogen (secondary N) is 1. The number of imide groups is 1. The van der Waals surface area contributed by atoms with E-state index in [2.05, 4.69) is 29.6 Å². The van der Waals surface area contributed by atoms with E-state index in [1.165, 1.54) is 11.1 Å². The fraction of sp³-hybridized carbons (Fsp3) is 0.423. The Balaban J connectivity index is 0.000000165. The first-order valence-corrected chi connectivity index (χ1v) is 13.8. The summed E-state index contributed by atoms with van der Waals surface area (Å²) in [5.41, 5.74) is 2.54. The molecule has 3 fully saturated rings. The molecule has 2 saturated carbocycles. The molecule has 33 heavy (non-hydrogen) atoms. The molecule has 1 atom stereocenters.